The van der Waals surface area contributed by atoms with Crippen LogP contribution < -0.4 is 10.6 Å². The Balaban J connectivity index is 2.05. The van der Waals surface area contributed by atoms with Crippen LogP contribution in [0.15, 0.2) is 41.5 Å². The quantitative estimate of drug-likeness (QED) is 0.468. The van der Waals surface area contributed by atoms with E-state index >= 15 is 0 Å². The Hall–Kier alpha value is -2.14. The zero-order valence-electron chi connectivity index (χ0n) is 13.3. The molecular weight excluding hydrogens is 276 g/mol. The maximum absolute atomic E-state index is 5.05. The van der Waals surface area contributed by atoms with E-state index in [4.69, 9.17) is 4.74 Å². The SMILES string of the molecule is CCNC(=NCc1ccnc2ccccc12)NCCCOC. The molecule has 1 aromatic heterocycles. The van der Waals surface area contributed by atoms with Gasteiger partial charge in [0.1, 0.15) is 0 Å². The number of pyridine rings is 1. The van der Waals surface area contributed by atoms with E-state index in [1.54, 1.807) is 7.11 Å². The monoisotopic (exact) mass is 300 g/mol. The van der Waals surface area contributed by atoms with Crippen LogP contribution >= 0.6 is 0 Å². The van der Waals surface area contributed by atoms with E-state index in [9.17, 15) is 0 Å². The van der Waals surface area contributed by atoms with Crippen molar-refractivity contribution in [3.8, 4) is 0 Å². The summed E-state index contributed by atoms with van der Waals surface area (Å²) in [5.41, 5.74) is 2.19. The number of ether oxygens (including phenoxy) is 1. The van der Waals surface area contributed by atoms with Gasteiger partial charge >= 0.3 is 0 Å². The zero-order valence-corrected chi connectivity index (χ0v) is 13.3. The molecule has 0 bridgehead atoms. The van der Waals surface area contributed by atoms with Crippen molar-refractivity contribution in [1.82, 2.24) is 15.6 Å². The molecule has 0 aliphatic rings. The summed E-state index contributed by atoms with van der Waals surface area (Å²) in [6.45, 7) is 5.13. The normalized spacial score (nSPS) is 11.6. The molecule has 0 aliphatic carbocycles. The topological polar surface area (TPSA) is 58.5 Å². The van der Waals surface area contributed by atoms with Crippen molar-refractivity contribution in [2.75, 3.05) is 26.8 Å². The fourth-order valence-electron chi connectivity index (χ4n) is 2.22. The highest BCUT2D eigenvalue weighted by atomic mass is 16.5. The first kappa shape index (κ1) is 16.2. The van der Waals surface area contributed by atoms with Crippen LogP contribution in [0, 0.1) is 0 Å². The van der Waals surface area contributed by atoms with E-state index in [-0.39, 0.29) is 0 Å². The number of guanidine groups is 1. The first-order valence-electron chi connectivity index (χ1n) is 7.69. The Morgan fingerprint density at radius 3 is 2.91 bits per heavy atom. The summed E-state index contributed by atoms with van der Waals surface area (Å²) in [6, 6.07) is 10.2. The number of nitrogens with zero attached hydrogens (tertiary/aromatic N) is 2. The van der Waals surface area contributed by atoms with Crippen LogP contribution in [0.4, 0.5) is 0 Å². The molecular formula is C17H24N4O. The molecule has 0 saturated carbocycles. The number of hydrogen-bond acceptors (Lipinski definition) is 3. The van der Waals surface area contributed by atoms with Crippen molar-refractivity contribution in [2.45, 2.75) is 19.9 Å². The second kappa shape index (κ2) is 9.00. The average molecular weight is 300 g/mol. The maximum atomic E-state index is 5.05. The summed E-state index contributed by atoms with van der Waals surface area (Å²) in [4.78, 5) is 9.04. The van der Waals surface area contributed by atoms with Crippen LogP contribution in [0.5, 0.6) is 0 Å². The van der Waals surface area contributed by atoms with Crippen LogP contribution in [0.2, 0.25) is 0 Å². The molecule has 5 nitrogen and oxygen atoms in total. The first-order valence-corrected chi connectivity index (χ1v) is 7.69. The molecule has 2 aromatic rings. The molecule has 0 radical (unpaired) electrons. The highest BCUT2D eigenvalue weighted by molar-refractivity contribution is 5.83. The number of para-hydroxylation sites is 1. The number of rotatable bonds is 7. The molecule has 0 aliphatic heterocycles. The smallest absolute Gasteiger partial charge is 0.191 e. The van der Waals surface area contributed by atoms with Crippen LogP contribution in [0.1, 0.15) is 18.9 Å². The second-order valence-electron chi connectivity index (χ2n) is 4.96. The Labute approximate surface area is 131 Å². The third-order valence-electron chi connectivity index (χ3n) is 3.31. The van der Waals surface area contributed by atoms with Crippen molar-refractivity contribution in [2.24, 2.45) is 4.99 Å². The molecule has 0 saturated heterocycles. The third-order valence-corrected chi connectivity index (χ3v) is 3.31. The number of benzene rings is 1. The molecule has 2 N–H and O–H groups in total. The molecule has 0 amide bonds. The fraction of sp³-hybridized carbons (Fsp3) is 0.412. The summed E-state index contributed by atoms with van der Waals surface area (Å²) >= 11 is 0. The summed E-state index contributed by atoms with van der Waals surface area (Å²) in [5.74, 6) is 0.833. The van der Waals surface area contributed by atoms with Gasteiger partial charge in [0.25, 0.3) is 0 Å². The lowest BCUT2D eigenvalue weighted by molar-refractivity contribution is 0.195. The van der Waals surface area contributed by atoms with E-state index in [1.807, 2.05) is 30.5 Å². The summed E-state index contributed by atoms with van der Waals surface area (Å²) < 4.78 is 5.05. The molecule has 1 aromatic carbocycles. The van der Waals surface area contributed by atoms with Gasteiger partial charge in [0.2, 0.25) is 0 Å². The van der Waals surface area contributed by atoms with Gasteiger partial charge in [-0.05, 0) is 31.0 Å². The van der Waals surface area contributed by atoms with E-state index < -0.39 is 0 Å². The lowest BCUT2D eigenvalue weighted by Crippen LogP contribution is -2.38. The van der Waals surface area contributed by atoms with Gasteiger partial charge in [-0.1, -0.05) is 18.2 Å². The van der Waals surface area contributed by atoms with E-state index in [0.717, 1.165) is 43.0 Å². The number of hydrogen-bond donors (Lipinski definition) is 2. The van der Waals surface area contributed by atoms with Gasteiger partial charge in [-0.15, -0.1) is 0 Å². The van der Waals surface area contributed by atoms with E-state index in [1.165, 1.54) is 5.56 Å². The largest absolute Gasteiger partial charge is 0.385 e. The van der Waals surface area contributed by atoms with Crippen molar-refractivity contribution < 1.29 is 4.74 Å². The average Bonchev–Trinajstić information content (AvgIpc) is 2.56. The van der Waals surface area contributed by atoms with Crippen molar-refractivity contribution in [3.05, 3.63) is 42.1 Å². The summed E-state index contributed by atoms with van der Waals surface area (Å²) in [7, 11) is 1.72. The maximum Gasteiger partial charge on any atom is 0.191 e. The predicted octanol–water partition coefficient (Wildman–Crippen LogP) is 2.33. The van der Waals surface area contributed by atoms with E-state index in [0.29, 0.717) is 6.54 Å². The van der Waals surface area contributed by atoms with Gasteiger partial charge in [0, 0.05) is 38.4 Å². The number of fused-ring (bicyclic) bond motifs is 1. The molecule has 5 heteroatoms. The van der Waals surface area contributed by atoms with Gasteiger partial charge in [-0.3, -0.25) is 4.98 Å². The number of aromatic nitrogens is 1. The molecule has 0 spiro atoms. The number of aliphatic imine (C=N–C) groups is 1. The summed E-state index contributed by atoms with van der Waals surface area (Å²) in [6.07, 6.45) is 2.80. The van der Waals surface area contributed by atoms with Gasteiger partial charge in [0.05, 0.1) is 12.1 Å². The van der Waals surface area contributed by atoms with Crippen molar-refractivity contribution >= 4 is 16.9 Å². The van der Waals surface area contributed by atoms with E-state index in [2.05, 4.69) is 33.6 Å². The summed E-state index contributed by atoms with van der Waals surface area (Å²) in [5, 5.41) is 7.73. The predicted molar refractivity (Wildman–Crippen MR) is 91.1 cm³/mol. The standard InChI is InChI=1S/C17H24N4O/c1-3-18-17(20-10-6-12-22-2)21-13-14-9-11-19-16-8-5-4-7-15(14)16/h4-5,7-9,11H,3,6,10,12-13H2,1-2H3,(H2,18,20,21). The zero-order chi connectivity index (χ0) is 15.6. The Morgan fingerprint density at radius 2 is 2.09 bits per heavy atom. The highest BCUT2D eigenvalue weighted by Gasteiger charge is 2.02. The molecule has 0 fully saturated rings. The molecule has 1 heterocycles. The number of methoxy groups -OCH3 is 1. The van der Waals surface area contributed by atoms with Crippen molar-refractivity contribution in [3.63, 3.8) is 0 Å². The Morgan fingerprint density at radius 1 is 1.23 bits per heavy atom. The lowest BCUT2D eigenvalue weighted by Gasteiger charge is -2.11. The molecule has 2 rings (SSSR count). The third kappa shape index (κ3) is 4.70. The van der Waals surface area contributed by atoms with Crippen LogP contribution in [-0.4, -0.2) is 37.7 Å². The van der Waals surface area contributed by atoms with Gasteiger partial charge < -0.3 is 15.4 Å². The van der Waals surface area contributed by atoms with Crippen LogP contribution in [0.3, 0.4) is 0 Å². The first-order chi connectivity index (χ1) is 10.8. The minimum atomic E-state index is 0.628. The minimum absolute atomic E-state index is 0.628. The molecule has 0 atom stereocenters. The molecule has 0 unspecified atom stereocenters. The minimum Gasteiger partial charge on any atom is -0.385 e. The van der Waals surface area contributed by atoms with Crippen LogP contribution in [0.25, 0.3) is 10.9 Å². The lowest BCUT2D eigenvalue weighted by atomic mass is 10.1. The van der Waals surface area contributed by atoms with Crippen LogP contribution in [-0.2, 0) is 11.3 Å². The Bertz CT molecular complexity index is 607. The number of nitrogens with one attached hydrogen (secondary N) is 2. The highest BCUT2D eigenvalue weighted by Crippen LogP contribution is 2.16. The fourth-order valence-corrected chi connectivity index (χ4v) is 2.22. The molecule has 22 heavy (non-hydrogen) atoms. The van der Waals surface area contributed by atoms with Gasteiger partial charge in [-0.2, -0.15) is 0 Å². The van der Waals surface area contributed by atoms with Gasteiger partial charge in [0.15, 0.2) is 5.96 Å². The Kier molecular flexibility index (Phi) is 6.64. The van der Waals surface area contributed by atoms with Crippen molar-refractivity contribution in [1.29, 1.82) is 0 Å². The van der Waals surface area contributed by atoms with Gasteiger partial charge in [-0.25, -0.2) is 4.99 Å². The molecule has 118 valence electrons. The second-order valence-corrected chi connectivity index (χ2v) is 4.96.